The molecule has 1 nitrogen and oxygen atoms in total. The van der Waals surface area contributed by atoms with E-state index in [1.165, 1.54) is 57.9 Å². The van der Waals surface area contributed by atoms with Gasteiger partial charge in [0.05, 0.1) is 0 Å². The Balaban J connectivity index is 2.92. The molecule has 0 aromatic carbocycles. The van der Waals surface area contributed by atoms with Crippen molar-refractivity contribution in [3.05, 3.63) is 0 Å². The highest BCUT2D eigenvalue weighted by atomic mass is 79.9. The van der Waals surface area contributed by atoms with Crippen LogP contribution in [0, 0.1) is 0 Å². The highest BCUT2D eigenvalue weighted by Gasteiger charge is 1.96. The Kier molecular flexibility index (Phi) is 12.9. The molecule has 0 aliphatic heterocycles. The van der Waals surface area contributed by atoms with E-state index in [0.717, 1.165) is 5.33 Å². The first-order valence-electron chi connectivity index (χ1n) is 6.60. The van der Waals surface area contributed by atoms with Gasteiger partial charge in [-0.2, -0.15) is 0 Å². The fourth-order valence-electron chi connectivity index (χ4n) is 1.66. The second kappa shape index (κ2) is 12.5. The molecule has 0 saturated heterocycles. The first kappa shape index (κ1) is 15.4. The van der Waals surface area contributed by atoms with Gasteiger partial charge in [0.15, 0.2) is 0 Å². The average Bonchev–Trinajstić information content (AvgIpc) is 2.26. The van der Waals surface area contributed by atoms with Crippen molar-refractivity contribution in [2.75, 3.05) is 11.9 Å². The molecular formula is C13H28BrN. The van der Waals surface area contributed by atoms with E-state index < -0.39 is 0 Å². The lowest BCUT2D eigenvalue weighted by Crippen LogP contribution is -2.28. The number of unbranched alkanes of at least 4 members (excludes halogenated alkanes) is 7. The van der Waals surface area contributed by atoms with Gasteiger partial charge in [-0.05, 0) is 19.9 Å². The average molecular weight is 278 g/mol. The standard InChI is InChI=1S/C13H28BrN/c1-3-4-5-6-7-8-9-10-11-15-13(2)12-14/h13,15H,3-12H2,1-2H3. The third kappa shape index (κ3) is 12.4. The second-order valence-corrected chi connectivity index (χ2v) is 5.13. The maximum Gasteiger partial charge on any atom is 0.0183 e. The number of rotatable bonds is 11. The predicted octanol–water partition coefficient (Wildman–Crippen LogP) is 4.50. The molecule has 0 amide bonds. The lowest BCUT2D eigenvalue weighted by atomic mass is 10.1. The van der Waals surface area contributed by atoms with Gasteiger partial charge in [-0.25, -0.2) is 0 Å². The molecule has 1 atom stereocenters. The van der Waals surface area contributed by atoms with Crippen LogP contribution in [0.15, 0.2) is 0 Å². The molecule has 2 heteroatoms. The summed E-state index contributed by atoms with van der Waals surface area (Å²) in [7, 11) is 0. The van der Waals surface area contributed by atoms with Crippen LogP contribution in [-0.2, 0) is 0 Å². The van der Waals surface area contributed by atoms with Gasteiger partial charge in [-0.3, -0.25) is 0 Å². The van der Waals surface area contributed by atoms with Gasteiger partial charge in [0, 0.05) is 11.4 Å². The lowest BCUT2D eigenvalue weighted by molar-refractivity contribution is 0.532. The number of hydrogen-bond donors (Lipinski definition) is 1. The van der Waals surface area contributed by atoms with E-state index in [1.54, 1.807) is 0 Å². The molecule has 0 aliphatic rings. The molecule has 0 fully saturated rings. The molecule has 1 unspecified atom stereocenters. The van der Waals surface area contributed by atoms with Crippen molar-refractivity contribution in [1.82, 2.24) is 5.32 Å². The number of nitrogens with one attached hydrogen (secondary N) is 1. The number of halogens is 1. The molecule has 0 spiro atoms. The topological polar surface area (TPSA) is 12.0 Å². The van der Waals surface area contributed by atoms with E-state index in [2.05, 4.69) is 35.1 Å². The first-order chi connectivity index (χ1) is 7.31. The predicted molar refractivity (Wildman–Crippen MR) is 73.9 cm³/mol. The molecule has 0 bridgehead atoms. The SMILES string of the molecule is CCCCCCCCCCNC(C)CBr. The molecule has 0 heterocycles. The summed E-state index contributed by atoms with van der Waals surface area (Å²) in [6.45, 7) is 5.68. The van der Waals surface area contributed by atoms with E-state index in [-0.39, 0.29) is 0 Å². The van der Waals surface area contributed by atoms with E-state index in [1.807, 2.05) is 0 Å². The maximum absolute atomic E-state index is 3.50. The number of hydrogen-bond acceptors (Lipinski definition) is 1. The molecule has 15 heavy (non-hydrogen) atoms. The summed E-state index contributed by atoms with van der Waals surface area (Å²) in [5.74, 6) is 0. The van der Waals surface area contributed by atoms with Gasteiger partial charge in [0.1, 0.15) is 0 Å². The minimum absolute atomic E-state index is 0.620. The van der Waals surface area contributed by atoms with Crippen LogP contribution >= 0.6 is 15.9 Å². The Morgan fingerprint density at radius 3 is 2.00 bits per heavy atom. The summed E-state index contributed by atoms with van der Waals surface area (Å²) in [5.41, 5.74) is 0. The van der Waals surface area contributed by atoms with Crippen LogP contribution in [0.4, 0.5) is 0 Å². The molecule has 1 N–H and O–H groups in total. The van der Waals surface area contributed by atoms with Gasteiger partial charge in [-0.15, -0.1) is 0 Å². The summed E-state index contributed by atoms with van der Waals surface area (Å²) in [6.07, 6.45) is 11.3. The minimum Gasteiger partial charge on any atom is -0.313 e. The smallest absolute Gasteiger partial charge is 0.0183 e. The van der Waals surface area contributed by atoms with E-state index >= 15 is 0 Å². The summed E-state index contributed by atoms with van der Waals surface area (Å²) < 4.78 is 0. The van der Waals surface area contributed by atoms with Crippen LogP contribution in [0.3, 0.4) is 0 Å². The van der Waals surface area contributed by atoms with Crippen molar-refractivity contribution in [2.24, 2.45) is 0 Å². The number of alkyl halides is 1. The van der Waals surface area contributed by atoms with E-state index in [4.69, 9.17) is 0 Å². The van der Waals surface area contributed by atoms with Gasteiger partial charge in [0.2, 0.25) is 0 Å². The quantitative estimate of drug-likeness (QED) is 0.433. The van der Waals surface area contributed by atoms with Crippen LogP contribution in [0.2, 0.25) is 0 Å². The summed E-state index contributed by atoms with van der Waals surface area (Å²) in [6, 6.07) is 0.620. The van der Waals surface area contributed by atoms with Crippen LogP contribution in [0.1, 0.15) is 65.2 Å². The summed E-state index contributed by atoms with van der Waals surface area (Å²) in [5, 5.41) is 4.56. The third-order valence-electron chi connectivity index (χ3n) is 2.75. The van der Waals surface area contributed by atoms with Gasteiger partial charge in [-0.1, -0.05) is 67.8 Å². The van der Waals surface area contributed by atoms with Crippen LogP contribution < -0.4 is 5.32 Å². The first-order valence-corrected chi connectivity index (χ1v) is 7.72. The van der Waals surface area contributed by atoms with Crippen LogP contribution in [0.5, 0.6) is 0 Å². The molecule has 0 saturated carbocycles. The molecule has 0 aliphatic carbocycles. The monoisotopic (exact) mass is 277 g/mol. The molecule has 0 rings (SSSR count). The van der Waals surface area contributed by atoms with Crippen molar-refractivity contribution in [2.45, 2.75) is 71.3 Å². The van der Waals surface area contributed by atoms with Crippen molar-refractivity contribution < 1.29 is 0 Å². The summed E-state index contributed by atoms with van der Waals surface area (Å²) >= 11 is 3.47. The fraction of sp³-hybridized carbons (Fsp3) is 1.00. The van der Waals surface area contributed by atoms with E-state index in [9.17, 15) is 0 Å². The van der Waals surface area contributed by atoms with Gasteiger partial charge >= 0.3 is 0 Å². The Morgan fingerprint density at radius 2 is 1.47 bits per heavy atom. The third-order valence-corrected chi connectivity index (χ3v) is 3.73. The second-order valence-electron chi connectivity index (χ2n) is 4.48. The molecule has 0 aromatic rings. The van der Waals surface area contributed by atoms with Crippen molar-refractivity contribution >= 4 is 15.9 Å². The zero-order valence-corrected chi connectivity index (χ0v) is 12.1. The zero-order valence-electron chi connectivity index (χ0n) is 10.5. The molecule has 92 valence electrons. The Bertz CT molecular complexity index is 117. The molecule has 0 radical (unpaired) electrons. The Labute approximate surface area is 105 Å². The maximum atomic E-state index is 3.50. The minimum atomic E-state index is 0.620. The highest BCUT2D eigenvalue weighted by Crippen LogP contribution is 2.07. The Hall–Kier alpha value is 0.440. The highest BCUT2D eigenvalue weighted by molar-refractivity contribution is 9.09. The van der Waals surface area contributed by atoms with Crippen molar-refractivity contribution in [3.8, 4) is 0 Å². The lowest BCUT2D eigenvalue weighted by Gasteiger charge is -2.09. The van der Waals surface area contributed by atoms with Crippen molar-refractivity contribution in [3.63, 3.8) is 0 Å². The van der Waals surface area contributed by atoms with Crippen LogP contribution in [-0.4, -0.2) is 17.9 Å². The normalized spacial score (nSPS) is 13.0. The van der Waals surface area contributed by atoms with Crippen molar-refractivity contribution in [1.29, 1.82) is 0 Å². The summed E-state index contributed by atoms with van der Waals surface area (Å²) in [4.78, 5) is 0. The molecule has 0 aromatic heterocycles. The largest absolute Gasteiger partial charge is 0.313 e. The fourth-order valence-corrected chi connectivity index (χ4v) is 1.89. The van der Waals surface area contributed by atoms with Gasteiger partial charge in [0.25, 0.3) is 0 Å². The van der Waals surface area contributed by atoms with E-state index in [0.29, 0.717) is 6.04 Å². The Morgan fingerprint density at radius 1 is 0.933 bits per heavy atom. The molecular weight excluding hydrogens is 250 g/mol. The zero-order chi connectivity index (χ0) is 11.4. The van der Waals surface area contributed by atoms with Gasteiger partial charge < -0.3 is 5.32 Å². The van der Waals surface area contributed by atoms with Crippen LogP contribution in [0.25, 0.3) is 0 Å².